The van der Waals surface area contributed by atoms with Crippen LogP contribution in [0.1, 0.15) is 43.8 Å². The summed E-state index contributed by atoms with van der Waals surface area (Å²) in [5.41, 5.74) is 2.68. The number of carbonyl (C=O) groups is 1. The average Bonchev–Trinajstić information content (AvgIpc) is 3.33. The highest BCUT2D eigenvalue weighted by Crippen LogP contribution is 2.35. The summed E-state index contributed by atoms with van der Waals surface area (Å²) in [6.07, 6.45) is 6.05. The molecule has 1 aliphatic heterocycles. The number of amides is 1. The minimum Gasteiger partial charge on any atom is -0.454 e. The molecule has 1 amide bonds. The van der Waals surface area contributed by atoms with Crippen LogP contribution in [-0.2, 0) is 11.3 Å². The van der Waals surface area contributed by atoms with E-state index in [1.165, 1.54) is 19.3 Å². The van der Waals surface area contributed by atoms with Crippen LogP contribution in [0.15, 0.2) is 42.5 Å². The molecule has 6 nitrogen and oxygen atoms in total. The molecule has 5 rings (SSSR count). The van der Waals surface area contributed by atoms with E-state index in [0.29, 0.717) is 23.1 Å². The number of aromatic nitrogens is 2. The Morgan fingerprint density at radius 3 is 2.79 bits per heavy atom. The fraction of sp³-hybridized carbons (Fsp3) is 0.364. The van der Waals surface area contributed by atoms with E-state index >= 15 is 0 Å². The van der Waals surface area contributed by atoms with Gasteiger partial charge in [0, 0.05) is 17.7 Å². The Hall–Kier alpha value is -3.02. The molecule has 1 saturated carbocycles. The minimum absolute atomic E-state index is 0.0703. The molecular formula is C22H23N3O3. The van der Waals surface area contributed by atoms with Crippen molar-refractivity contribution in [1.82, 2.24) is 9.55 Å². The first-order valence-electron chi connectivity index (χ1n) is 9.92. The van der Waals surface area contributed by atoms with Gasteiger partial charge in [-0.2, -0.15) is 0 Å². The van der Waals surface area contributed by atoms with Gasteiger partial charge in [-0.25, -0.2) is 4.98 Å². The van der Waals surface area contributed by atoms with E-state index in [-0.39, 0.29) is 19.2 Å². The van der Waals surface area contributed by atoms with Crippen LogP contribution in [-0.4, -0.2) is 22.3 Å². The number of anilines is 1. The lowest BCUT2D eigenvalue weighted by Gasteiger charge is -2.22. The van der Waals surface area contributed by atoms with Gasteiger partial charge in [0.25, 0.3) is 0 Å². The molecule has 1 aliphatic carbocycles. The van der Waals surface area contributed by atoms with Crippen molar-refractivity contribution in [2.45, 2.75) is 44.6 Å². The Kier molecular flexibility index (Phi) is 4.39. The topological polar surface area (TPSA) is 65.4 Å². The maximum atomic E-state index is 12.8. The Morgan fingerprint density at radius 1 is 1.07 bits per heavy atom. The highest BCUT2D eigenvalue weighted by atomic mass is 16.7. The molecule has 28 heavy (non-hydrogen) atoms. The molecular weight excluding hydrogens is 354 g/mol. The molecule has 3 aromatic rings. The third-order valence-corrected chi connectivity index (χ3v) is 5.61. The highest BCUT2D eigenvalue weighted by molar-refractivity contribution is 5.92. The van der Waals surface area contributed by atoms with Gasteiger partial charge < -0.3 is 19.4 Å². The van der Waals surface area contributed by atoms with Crippen LogP contribution in [0, 0.1) is 0 Å². The number of nitrogens with one attached hydrogen (secondary N) is 1. The van der Waals surface area contributed by atoms with Crippen LogP contribution in [0.4, 0.5) is 5.69 Å². The predicted octanol–water partition coefficient (Wildman–Crippen LogP) is 4.45. The molecule has 0 bridgehead atoms. The van der Waals surface area contributed by atoms with E-state index in [1.54, 1.807) is 6.07 Å². The fourth-order valence-corrected chi connectivity index (χ4v) is 4.25. The van der Waals surface area contributed by atoms with Crippen molar-refractivity contribution in [3.8, 4) is 11.5 Å². The summed E-state index contributed by atoms with van der Waals surface area (Å²) in [4.78, 5) is 17.7. The number of rotatable bonds is 4. The van der Waals surface area contributed by atoms with Gasteiger partial charge in [-0.05, 0) is 37.1 Å². The van der Waals surface area contributed by atoms with Gasteiger partial charge in [0.1, 0.15) is 12.4 Å². The third-order valence-electron chi connectivity index (χ3n) is 5.61. The number of ether oxygens (including phenoxy) is 2. The van der Waals surface area contributed by atoms with Crippen molar-refractivity contribution in [3.05, 3.63) is 48.3 Å². The second kappa shape index (κ2) is 7.19. The third kappa shape index (κ3) is 3.19. The van der Waals surface area contributed by atoms with E-state index in [0.717, 1.165) is 29.7 Å². The Balaban J connectivity index is 1.41. The van der Waals surface area contributed by atoms with E-state index in [1.807, 2.05) is 36.4 Å². The van der Waals surface area contributed by atoms with E-state index < -0.39 is 0 Å². The summed E-state index contributed by atoms with van der Waals surface area (Å²) in [6, 6.07) is 13.5. The lowest BCUT2D eigenvalue weighted by molar-refractivity contribution is -0.116. The van der Waals surface area contributed by atoms with Crippen molar-refractivity contribution in [3.63, 3.8) is 0 Å². The number of hydrogen-bond donors (Lipinski definition) is 1. The summed E-state index contributed by atoms with van der Waals surface area (Å²) in [5, 5.41) is 2.98. The lowest BCUT2D eigenvalue weighted by Crippen LogP contribution is -2.21. The summed E-state index contributed by atoms with van der Waals surface area (Å²) in [6.45, 7) is 0.472. The van der Waals surface area contributed by atoms with Crippen molar-refractivity contribution >= 4 is 22.6 Å². The Labute approximate surface area is 163 Å². The fourth-order valence-electron chi connectivity index (χ4n) is 4.25. The molecule has 0 unspecified atom stereocenters. The zero-order valence-corrected chi connectivity index (χ0v) is 15.7. The highest BCUT2D eigenvalue weighted by Gasteiger charge is 2.23. The molecule has 0 atom stereocenters. The zero-order valence-electron chi connectivity index (χ0n) is 15.7. The van der Waals surface area contributed by atoms with E-state index in [4.69, 9.17) is 14.5 Å². The van der Waals surface area contributed by atoms with Gasteiger partial charge in [-0.1, -0.05) is 31.4 Å². The molecule has 6 heteroatoms. The smallest absolute Gasteiger partial charge is 0.244 e. The van der Waals surface area contributed by atoms with Crippen LogP contribution in [0.2, 0.25) is 0 Å². The molecule has 0 radical (unpaired) electrons. The molecule has 1 N–H and O–H groups in total. The minimum atomic E-state index is -0.0703. The molecule has 2 aliphatic rings. The number of hydrogen-bond acceptors (Lipinski definition) is 4. The Morgan fingerprint density at radius 2 is 1.89 bits per heavy atom. The van der Waals surface area contributed by atoms with E-state index in [9.17, 15) is 4.79 Å². The number of fused-ring (bicyclic) bond motifs is 2. The predicted molar refractivity (Wildman–Crippen MR) is 107 cm³/mol. The van der Waals surface area contributed by atoms with Crippen molar-refractivity contribution in [2.75, 3.05) is 12.1 Å². The van der Waals surface area contributed by atoms with Gasteiger partial charge in [-0.15, -0.1) is 0 Å². The first kappa shape index (κ1) is 17.1. The second-order valence-corrected chi connectivity index (χ2v) is 7.50. The molecule has 144 valence electrons. The van der Waals surface area contributed by atoms with Crippen molar-refractivity contribution in [1.29, 1.82) is 0 Å². The molecule has 1 fully saturated rings. The maximum absolute atomic E-state index is 12.8. The summed E-state index contributed by atoms with van der Waals surface area (Å²) in [7, 11) is 0. The number of carbonyl (C=O) groups excluding carboxylic acids is 1. The van der Waals surface area contributed by atoms with Crippen LogP contribution >= 0.6 is 0 Å². The Bertz CT molecular complexity index is 1020. The van der Waals surface area contributed by atoms with Crippen molar-refractivity contribution < 1.29 is 14.3 Å². The number of benzene rings is 2. The SMILES string of the molecule is O=C(Cn1c(C2CCCCC2)nc2ccccc21)Nc1ccc2c(c1)OCO2. The first-order valence-corrected chi connectivity index (χ1v) is 9.92. The van der Waals surface area contributed by atoms with Gasteiger partial charge in [0.15, 0.2) is 11.5 Å². The molecule has 2 aromatic carbocycles. The normalized spacial score (nSPS) is 16.4. The molecule has 0 spiro atoms. The van der Waals surface area contributed by atoms with Crippen LogP contribution in [0.25, 0.3) is 11.0 Å². The lowest BCUT2D eigenvalue weighted by atomic mass is 9.88. The standard InChI is InChI=1S/C22H23N3O3/c26-21(23-16-10-11-19-20(12-16)28-14-27-19)13-25-18-9-5-4-8-17(18)24-22(25)15-6-2-1-3-7-15/h4-5,8-12,15H,1-3,6-7,13-14H2,(H,23,26). The van der Waals surface area contributed by atoms with Gasteiger partial charge in [0.05, 0.1) is 11.0 Å². The first-order chi connectivity index (χ1) is 13.8. The second-order valence-electron chi connectivity index (χ2n) is 7.50. The summed E-state index contributed by atoms with van der Waals surface area (Å²) < 4.78 is 12.8. The number of imidazole rings is 1. The zero-order chi connectivity index (χ0) is 18.9. The summed E-state index contributed by atoms with van der Waals surface area (Å²) >= 11 is 0. The summed E-state index contributed by atoms with van der Waals surface area (Å²) in [5.74, 6) is 2.77. The molecule has 1 aromatic heterocycles. The number of nitrogens with zero attached hydrogens (tertiary/aromatic N) is 2. The van der Waals surface area contributed by atoms with Gasteiger partial charge in [0.2, 0.25) is 12.7 Å². The van der Waals surface area contributed by atoms with Crippen molar-refractivity contribution in [2.24, 2.45) is 0 Å². The van der Waals surface area contributed by atoms with E-state index in [2.05, 4.69) is 9.88 Å². The maximum Gasteiger partial charge on any atom is 0.244 e. The quantitative estimate of drug-likeness (QED) is 0.729. The number of para-hydroxylation sites is 2. The average molecular weight is 377 g/mol. The van der Waals surface area contributed by atoms with Gasteiger partial charge >= 0.3 is 0 Å². The largest absolute Gasteiger partial charge is 0.454 e. The van der Waals surface area contributed by atoms with Crippen LogP contribution in [0.5, 0.6) is 11.5 Å². The van der Waals surface area contributed by atoms with Gasteiger partial charge in [-0.3, -0.25) is 4.79 Å². The van der Waals surface area contributed by atoms with Crippen LogP contribution in [0.3, 0.4) is 0 Å². The van der Waals surface area contributed by atoms with Crippen LogP contribution < -0.4 is 14.8 Å². The molecule has 2 heterocycles. The molecule has 0 saturated heterocycles. The monoisotopic (exact) mass is 377 g/mol.